The number of anilines is 1. The van der Waals surface area contributed by atoms with Crippen molar-refractivity contribution in [3.63, 3.8) is 0 Å². The van der Waals surface area contributed by atoms with E-state index in [4.69, 9.17) is 4.74 Å². The van der Waals surface area contributed by atoms with Gasteiger partial charge in [0.25, 0.3) is 0 Å². The fraction of sp³-hybridized carbons (Fsp3) is 0.567. The third-order valence-corrected chi connectivity index (χ3v) is 10.4. The molecule has 0 atom stereocenters. The first-order valence-electron chi connectivity index (χ1n) is 14.0. The van der Waals surface area contributed by atoms with Crippen LogP contribution in [0, 0.1) is 13.8 Å². The van der Waals surface area contributed by atoms with Crippen molar-refractivity contribution >= 4 is 21.5 Å². The summed E-state index contributed by atoms with van der Waals surface area (Å²) in [6, 6.07) is 12.4. The summed E-state index contributed by atoms with van der Waals surface area (Å²) in [6.45, 7) is 10.5. The van der Waals surface area contributed by atoms with Crippen molar-refractivity contribution < 1.29 is 17.9 Å². The maximum atomic E-state index is 13.2. The average molecular weight is 557 g/mol. The van der Waals surface area contributed by atoms with Crippen LogP contribution in [0.15, 0.2) is 41.3 Å². The molecule has 0 radical (unpaired) electrons. The Kier molecular flexibility index (Phi) is 9.69. The van der Waals surface area contributed by atoms with Crippen LogP contribution in [0.1, 0.15) is 36.0 Å². The van der Waals surface area contributed by atoms with Crippen molar-refractivity contribution in [2.45, 2.75) is 50.5 Å². The third-order valence-electron chi connectivity index (χ3n) is 8.26. The lowest BCUT2D eigenvalue weighted by Crippen LogP contribution is -2.52. The zero-order chi connectivity index (χ0) is 28.2. The number of piperazine rings is 1. The number of benzene rings is 2. The van der Waals surface area contributed by atoms with E-state index >= 15 is 0 Å². The first kappa shape index (κ1) is 29.5. The molecule has 0 aliphatic carbocycles. The molecule has 0 aromatic heterocycles. The largest absolute Gasteiger partial charge is 0.497 e. The molecule has 2 heterocycles. The number of sulfonamides is 1. The van der Waals surface area contributed by atoms with E-state index in [9.17, 15) is 13.2 Å². The summed E-state index contributed by atoms with van der Waals surface area (Å²) in [5.74, 6) is 0.656. The molecule has 0 bridgehead atoms. The SMILES string of the molecule is COc1cc(C)c(S(=O)(=O)N(C)CCC(=O)Cc2ccc(N3CCC(N4CCN(C)CC4)CC3)cc2)c(C)c1. The van der Waals surface area contributed by atoms with Crippen LogP contribution in [-0.4, -0.2) is 101 Å². The average Bonchev–Trinajstić information content (AvgIpc) is 2.92. The number of methoxy groups -OCH3 is 1. The van der Waals surface area contributed by atoms with Crippen LogP contribution in [0.4, 0.5) is 5.69 Å². The Morgan fingerprint density at radius 1 is 0.974 bits per heavy atom. The number of hydrogen-bond acceptors (Lipinski definition) is 7. The number of piperidine rings is 1. The molecule has 0 spiro atoms. The molecule has 2 fully saturated rings. The normalized spacial score (nSPS) is 18.1. The summed E-state index contributed by atoms with van der Waals surface area (Å²) in [4.78, 5) is 20.5. The molecule has 2 aromatic carbocycles. The van der Waals surface area contributed by atoms with Crippen LogP contribution in [0.2, 0.25) is 0 Å². The smallest absolute Gasteiger partial charge is 0.243 e. The Morgan fingerprint density at radius 3 is 2.13 bits per heavy atom. The lowest BCUT2D eigenvalue weighted by atomic mass is 10.0. The minimum absolute atomic E-state index is 0.0287. The number of nitrogens with zero attached hydrogens (tertiary/aromatic N) is 4. The molecule has 214 valence electrons. The van der Waals surface area contributed by atoms with Gasteiger partial charge in [0.2, 0.25) is 10.0 Å². The summed E-state index contributed by atoms with van der Waals surface area (Å²) in [5, 5.41) is 0. The number of aryl methyl sites for hydroxylation is 2. The highest BCUT2D eigenvalue weighted by molar-refractivity contribution is 7.89. The molecule has 4 rings (SSSR count). The first-order valence-corrected chi connectivity index (χ1v) is 15.4. The molecule has 2 aromatic rings. The Hall–Kier alpha value is -2.46. The number of ketones is 1. The van der Waals surface area contributed by atoms with Gasteiger partial charge in [-0.2, -0.15) is 0 Å². The molecule has 8 nitrogen and oxygen atoms in total. The lowest BCUT2D eigenvalue weighted by Gasteiger charge is -2.42. The predicted octanol–water partition coefficient (Wildman–Crippen LogP) is 3.35. The van der Waals surface area contributed by atoms with Crippen molar-refractivity contribution in [1.29, 1.82) is 0 Å². The molecule has 39 heavy (non-hydrogen) atoms. The van der Waals surface area contributed by atoms with Crippen molar-refractivity contribution in [2.24, 2.45) is 0 Å². The molecule has 2 saturated heterocycles. The molecule has 9 heteroatoms. The van der Waals surface area contributed by atoms with Crippen molar-refractivity contribution in [3.8, 4) is 5.75 Å². The van der Waals surface area contributed by atoms with Gasteiger partial charge in [-0.15, -0.1) is 0 Å². The van der Waals surface area contributed by atoms with E-state index in [2.05, 4.69) is 33.9 Å². The Balaban J connectivity index is 1.26. The van der Waals surface area contributed by atoms with Crippen LogP contribution in [0.3, 0.4) is 0 Å². The van der Waals surface area contributed by atoms with Crippen molar-refractivity contribution in [3.05, 3.63) is 53.1 Å². The van der Waals surface area contributed by atoms with Gasteiger partial charge >= 0.3 is 0 Å². The third kappa shape index (κ3) is 7.20. The van der Waals surface area contributed by atoms with Crippen LogP contribution < -0.4 is 9.64 Å². The van der Waals surface area contributed by atoms with Crippen LogP contribution >= 0.6 is 0 Å². The van der Waals surface area contributed by atoms with E-state index in [0.29, 0.717) is 29.3 Å². The molecule has 0 N–H and O–H groups in total. The fourth-order valence-corrected chi connectivity index (χ4v) is 7.39. The molecular formula is C30H44N4O4S. The summed E-state index contributed by atoms with van der Waals surface area (Å²) >= 11 is 0. The highest BCUT2D eigenvalue weighted by atomic mass is 32.2. The highest BCUT2D eigenvalue weighted by Crippen LogP contribution is 2.28. The number of ether oxygens (including phenoxy) is 1. The second-order valence-electron chi connectivity index (χ2n) is 11.1. The number of carbonyl (C=O) groups excluding carboxylic acids is 1. The van der Waals surface area contributed by atoms with Gasteiger partial charge in [0.15, 0.2) is 0 Å². The van der Waals surface area contributed by atoms with Crippen molar-refractivity contribution in [1.82, 2.24) is 14.1 Å². The zero-order valence-electron chi connectivity index (χ0n) is 24.1. The first-order chi connectivity index (χ1) is 18.6. The van der Waals surface area contributed by atoms with Crippen LogP contribution in [0.25, 0.3) is 0 Å². The Morgan fingerprint density at radius 2 is 1.56 bits per heavy atom. The van der Waals surface area contributed by atoms with E-state index in [1.54, 1.807) is 33.1 Å². The summed E-state index contributed by atoms with van der Waals surface area (Å²) < 4.78 is 33.0. The summed E-state index contributed by atoms with van der Waals surface area (Å²) in [6.07, 6.45) is 2.86. The predicted molar refractivity (Wildman–Crippen MR) is 156 cm³/mol. The Bertz CT molecular complexity index is 1210. The van der Waals surface area contributed by atoms with Gasteiger partial charge < -0.3 is 14.5 Å². The second kappa shape index (κ2) is 12.8. The second-order valence-corrected chi connectivity index (χ2v) is 13.1. The number of carbonyl (C=O) groups is 1. The van der Waals surface area contributed by atoms with Crippen LogP contribution in [0.5, 0.6) is 5.75 Å². The molecule has 2 aliphatic rings. The monoisotopic (exact) mass is 556 g/mol. The van der Waals surface area contributed by atoms with Crippen LogP contribution in [-0.2, 0) is 21.2 Å². The van der Waals surface area contributed by atoms with E-state index < -0.39 is 10.0 Å². The van der Waals surface area contributed by atoms with Gasteiger partial charge in [0, 0.05) is 77.4 Å². The quantitative estimate of drug-likeness (QED) is 0.444. The van der Waals surface area contributed by atoms with E-state index in [1.165, 1.54) is 43.0 Å². The summed E-state index contributed by atoms with van der Waals surface area (Å²) in [7, 11) is 1.59. The van der Waals surface area contributed by atoms with E-state index in [-0.39, 0.29) is 23.6 Å². The number of rotatable bonds is 10. The summed E-state index contributed by atoms with van der Waals surface area (Å²) in [5.41, 5.74) is 3.44. The van der Waals surface area contributed by atoms with Gasteiger partial charge in [0.1, 0.15) is 11.5 Å². The zero-order valence-corrected chi connectivity index (χ0v) is 25.0. The lowest BCUT2D eigenvalue weighted by molar-refractivity contribution is -0.118. The maximum Gasteiger partial charge on any atom is 0.243 e. The number of likely N-dealkylation sites (N-methyl/N-ethyl adjacent to an activating group) is 1. The van der Waals surface area contributed by atoms with E-state index in [0.717, 1.165) is 31.7 Å². The molecule has 0 saturated carbocycles. The van der Waals surface area contributed by atoms with Gasteiger partial charge in [-0.25, -0.2) is 12.7 Å². The minimum Gasteiger partial charge on any atom is -0.497 e. The standard InChI is InChI=1S/C30H44N4O4S/c1-23-20-29(38-5)21-24(2)30(23)39(36,37)32(4)13-12-28(35)22-25-6-8-26(9-7-25)33-14-10-27(11-15-33)34-18-16-31(3)17-19-34/h6-9,20-21,27H,10-19,22H2,1-5H3. The van der Waals surface area contributed by atoms with Crippen molar-refractivity contribution in [2.75, 3.05) is 71.9 Å². The van der Waals surface area contributed by atoms with Gasteiger partial charge in [-0.1, -0.05) is 12.1 Å². The highest BCUT2D eigenvalue weighted by Gasteiger charge is 2.27. The topological polar surface area (TPSA) is 73.4 Å². The number of hydrogen-bond donors (Lipinski definition) is 0. The maximum absolute atomic E-state index is 13.2. The Labute approximate surface area is 234 Å². The molecule has 2 aliphatic heterocycles. The van der Waals surface area contributed by atoms with Gasteiger partial charge in [-0.05, 0) is 74.7 Å². The van der Waals surface area contributed by atoms with Gasteiger partial charge in [0.05, 0.1) is 12.0 Å². The molecule has 0 unspecified atom stereocenters. The number of Topliss-reactive ketones (excluding diaryl/α,β-unsaturated/α-hetero) is 1. The molecule has 0 amide bonds. The van der Waals surface area contributed by atoms with E-state index in [1.807, 2.05) is 12.1 Å². The molecular weight excluding hydrogens is 512 g/mol. The minimum atomic E-state index is -3.71. The fourth-order valence-electron chi connectivity index (χ4n) is 5.81. The van der Waals surface area contributed by atoms with Gasteiger partial charge in [-0.3, -0.25) is 9.69 Å².